The van der Waals surface area contributed by atoms with Crippen molar-refractivity contribution in [2.75, 3.05) is 10.5 Å². The third kappa shape index (κ3) is 4.44. The van der Waals surface area contributed by atoms with Crippen molar-refractivity contribution >= 4 is 27.4 Å². The van der Waals surface area contributed by atoms with Gasteiger partial charge < -0.3 is 0 Å². The van der Waals surface area contributed by atoms with E-state index >= 15 is 0 Å². The molecule has 1 N–H and O–H groups in total. The average molecular weight is 250 g/mol. The highest BCUT2D eigenvalue weighted by Crippen LogP contribution is 2.10. The Hall–Kier alpha value is -0.880. The molecule has 0 aliphatic heterocycles. The summed E-state index contributed by atoms with van der Waals surface area (Å²) in [5, 5.41) is 0.153. The highest BCUT2D eigenvalue weighted by atomic mass is 35.5. The summed E-state index contributed by atoms with van der Waals surface area (Å²) in [4.78, 5) is 7.50. The van der Waals surface area contributed by atoms with Crippen LogP contribution < -0.4 is 4.72 Å². The first-order chi connectivity index (χ1) is 6.89. The van der Waals surface area contributed by atoms with E-state index in [2.05, 4.69) is 14.7 Å². The molecule has 0 aliphatic carbocycles. The molecular weight excluding hydrogens is 238 g/mol. The van der Waals surface area contributed by atoms with Crippen LogP contribution in [0.15, 0.2) is 12.4 Å². The number of hydrogen-bond acceptors (Lipinski definition) is 4. The van der Waals surface area contributed by atoms with Gasteiger partial charge in [-0.1, -0.05) is 25.4 Å². The molecule has 0 spiro atoms. The van der Waals surface area contributed by atoms with Crippen molar-refractivity contribution in [3.8, 4) is 0 Å². The lowest BCUT2D eigenvalue weighted by atomic mass is 10.3. The van der Waals surface area contributed by atoms with Crippen molar-refractivity contribution < 1.29 is 8.42 Å². The van der Waals surface area contributed by atoms with Gasteiger partial charge in [0.05, 0.1) is 18.1 Å². The Morgan fingerprint density at radius 3 is 2.67 bits per heavy atom. The Morgan fingerprint density at radius 1 is 1.47 bits per heavy atom. The number of hydrogen-bond donors (Lipinski definition) is 1. The monoisotopic (exact) mass is 249 g/mol. The summed E-state index contributed by atoms with van der Waals surface area (Å²) in [5.74, 6) is 0.235. The fourth-order valence-corrected chi connectivity index (χ4v) is 2.56. The number of aromatic nitrogens is 2. The minimum atomic E-state index is -3.36. The van der Waals surface area contributed by atoms with E-state index in [-0.39, 0.29) is 22.6 Å². The van der Waals surface area contributed by atoms with Crippen molar-refractivity contribution in [2.24, 2.45) is 5.92 Å². The highest BCUT2D eigenvalue weighted by molar-refractivity contribution is 7.92. The van der Waals surface area contributed by atoms with Crippen LogP contribution in [-0.2, 0) is 10.0 Å². The number of rotatable bonds is 4. The quantitative estimate of drug-likeness (QED) is 0.878. The summed E-state index contributed by atoms with van der Waals surface area (Å²) in [5.41, 5.74) is 0. The summed E-state index contributed by atoms with van der Waals surface area (Å²) in [7, 11) is -3.36. The van der Waals surface area contributed by atoms with Crippen molar-refractivity contribution in [3.05, 3.63) is 17.5 Å². The summed E-state index contributed by atoms with van der Waals surface area (Å²) >= 11 is 5.57. The third-order valence-corrected chi connectivity index (χ3v) is 3.23. The Bertz CT molecular complexity index is 433. The molecule has 0 bridgehead atoms. The third-order valence-electron chi connectivity index (χ3n) is 1.42. The van der Waals surface area contributed by atoms with Gasteiger partial charge in [-0.15, -0.1) is 0 Å². The fraction of sp³-hybridized carbons (Fsp3) is 0.500. The summed E-state index contributed by atoms with van der Waals surface area (Å²) in [6.45, 7) is 3.64. The maximum absolute atomic E-state index is 11.5. The number of anilines is 1. The molecule has 15 heavy (non-hydrogen) atoms. The minimum Gasteiger partial charge on any atom is -0.266 e. The van der Waals surface area contributed by atoms with E-state index in [1.807, 2.05) is 13.8 Å². The van der Waals surface area contributed by atoms with Crippen LogP contribution in [0.3, 0.4) is 0 Å². The van der Waals surface area contributed by atoms with E-state index < -0.39 is 10.0 Å². The van der Waals surface area contributed by atoms with Gasteiger partial charge in [0.1, 0.15) is 5.15 Å². The molecule has 0 amide bonds. The first kappa shape index (κ1) is 12.2. The predicted molar refractivity (Wildman–Crippen MR) is 59.3 cm³/mol. The molecule has 1 aromatic heterocycles. The number of halogens is 1. The van der Waals surface area contributed by atoms with Crippen LogP contribution in [0.4, 0.5) is 5.82 Å². The normalized spacial score (nSPS) is 11.7. The molecule has 7 heteroatoms. The standard InChI is InChI=1S/C8H12ClN3O2S/c1-6(2)5-15(13,14)12-8-4-10-3-7(9)11-8/h3-4,6H,5H2,1-2H3,(H,11,12). The molecule has 1 rings (SSSR count). The molecule has 0 radical (unpaired) electrons. The van der Waals surface area contributed by atoms with Gasteiger partial charge in [0.25, 0.3) is 0 Å². The Kier molecular flexibility index (Phi) is 3.87. The van der Waals surface area contributed by atoms with Crippen LogP contribution in [0, 0.1) is 5.92 Å². The molecule has 1 heterocycles. The topological polar surface area (TPSA) is 72.0 Å². The van der Waals surface area contributed by atoms with Gasteiger partial charge in [0.2, 0.25) is 10.0 Å². The summed E-state index contributed by atoms with van der Waals surface area (Å²) < 4.78 is 25.3. The zero-order valence-corrected chi connectivity index (χ0v) is 10.0. The number of nitrogens with one attached hydrogen (secondary N) is 1. The average Bonchev–Trinajstić information content (AvgIpc) is 1.99. The van der Waals surface area contributed by atoms with Crippen LogP contribution in [0.1, 0.15) is 13.8 Å². The van der Waals surface area contributed by atoms with Crippen molar-refractivity contribution in [3.63, 3.8) is 0 Å². The minimum absolute atomic E-state index is 0.0429. The molecule has 0 fully saturated rings. The summed E-state index contributed by atoms with van der Waals surface area (Å²) in [6, 6.07) is 0. The molecule has 0 atom stereocenters. The SMILES string of the molecule is CC(C)CS(=O)(=O)Nc1cncc(Cl)n1. The highest BCUT2D eigenvalue weighted by Gasteiger charge is 2.13. The van der Waals surface area contributed by atoms with E-state index in [0.29, 0.717) is 0 Å². The van der Waals surface area contributed by atoms with E-state index in [4.69, 9.17) is 11.6 Å². The van der Waals surface area contributed by atoms with Gasteiger partial charge in [-0.05, 0) is 5.92 Å². The van der Waals surface area contributed by atoms with E-state index in [1.165, 1.54) is 12.4 Å². The van der Waals surface area contributed by atoms with Gasteiger partial charge in [-0.3, -0.25) is 9.71 Å². The lowest BCUT2D eigenvalue weighted by molar-refractivity contribution is 0.587. The van der Waals surface area contributed by atoms with Crippen LogP contribution in [-0.4, -0.2) is 24.1 Å². The predicted octanol–water partition coefficient (Wildman–Crippen LogP) is 1.53. The second kappa shape index (κ2) is 4.76. The number of sulfonamides is 1. The van der Waals surface area contributed by atoms with Crippen LogP contribution in [0.25, 0.3) is 0 Å². The van der Waals surface area contributed by atoms with E-state index in [1.54, 1.807) is 0 Å². The van der Waals surface area contributed by atoms with Gasteiger partial charge in [-0.25, -0.2) is 13.4 Å². The molecule has 0 aromatic carbocycles. The van der Waals surface area contributed by atoms with E-state index in [9.17, 15) is 8.42 Å². The second-order valence-corrected chi connectivity index (χ2v) is 5.66. The van der Waals surface area contributed by atoms with Gasteiger partial charge in [-0.2, -0.15) is 0 Å². The zero-order chi connectivity index (χ0) is 11.5. The largest absolute Gasteiger partial charge is 0.266 e. The van der Waals surface area contributed by atoms with Gasteiger partial charge >= 0.3 is 0 Å². The maximum atomic E-state index is 11.5. The van der Waals surface area contributed by atoms with Crippen LogP contribution >= 0.6 is 11.6 Å². The maximum Gasteiger partial charge on any atom is 0.234 e. The molecule has 0 unspecified atom stereocenters. The van der Waals surface area contributed by atoms with Crippen molar-refractivity contribution in [2.45, 2.75) is 13.8 Å². The van der Waals surface area contributed by atoms with Gasteiger partial charge in [0, 0.05) is 0 Å². The molecule has 84 valence electrons. The molecular formula is C8H12ClN3O2S. The Labute approximate surface area is 93.9 Å². The Balaban J connectivity index is 2.78. The number of nitrogens with zero attached hydrogens (tertiary/aromatic N) is 2. The first-order valence-electron chi connectivity index (χ1n) is 4.37. The lowest BCUT2D eigenvalue weighted by Gasteiger charge is -2.08. The zero-order valence-electron chi connectivity index (χ0n) is 8.44. The van der Waals surface area contributed by atoms with Crippen LogP contribution in [0.2, 0.25) is 5.15 Å². The smallest absolute Gasteiger partial charge is 0.234 e. The van der Waals surface area contributed by atoms with Gasteiger partial charge in [0.15, 0.2) is 5.82 Å². The van der Waals surface area contributed by atoms with Crippen molar-refractivity contribution in [1.29, 1.82) is 0 Å². The summed E-state index contributed by atoms with van der Waals surface area (Å²) in [6.07, 6.45) is 2.64. The first-order valence-corrected chi connectivity index (χ1v) is 6.40. The fourth-order valence-electron chi connectivity index (χ4n) is 1.03. The molecule has 0 saturated carbocycles. The van der Waals surface area contributed by atoms with E-state index in [0.717, 1.165) is 0 Å². The lowest BCUT2D eigenvalue weighted by Crippen LogP contribution is -2.20. The molecule has 1 aromatic rings. The van der Waals surface area contributed by atoms with Crippen LogP contribution in [0.5, 0.6) is 0 Å². The molecule has 0 aliphatic rings. The molecule has 5 nitrogen and oxygen atoms in total. The van der Waals surface area contributed by atoms with Crippen molar-refractivity contribution in [1.82, 2.24) is 9.97 Å². The molecule has 0 saturated heterocycles. The second-order valence-electron chi connectivity index (χ2n) is 3.50. The Morgan fingerprint density at radius 2 is 2.13 bits per heavy atom.